The molecular weight excluding hydrogens is 492 g/mol. The third-order valence-electron chi connectivity index (χ3n) is 5.55. The normalized spacial score (nSPS) is 12.1. The maximum absolute atomic E-state index is 13.2. The van der Waals surface area contributed by atoms with E-state index in [0.29, 0.717) is 24.9 Å². The van der Waals surface area contributed by atoms with Gasteiger partial charge >= 0.3 is 12.1 Å². The lowest BCUT2D eigenvalue weighted by atomic mass is 10.1. The Hall–Kier alpha value is -4.45. The number of unbranched alkanes of at least 4 members (excludes halogenated alkanes) is 1. The van der Waals surface area contributed by atoms with E-state index in [2.05, 4.69) is 10.6 Å². The Labute approximate surface area is 220 Å². The summed E-state index contributed by atoms with van der Waals surface area (Å²) in [5, 5.41) is 21.9. The van der Waals surface area contributed by atoms with E-state index in [0.717, 1.165) is 10.5 Å². The van der Waals surface area contributed by atoms with Gasteiger partial charge in [-0.25, -0.2) is 4.79 Å². The van der Waals surface area contributed by atoms with Crippen molar-refractivity contribution in [2.24, 2.45) is 11.5 Å². The highest BCUT2D eigenvalue weighted by atomic mass is 16.5. The summed E-state index contributed by atoms with van der Waals surface area (Å²) in [7, 11) is 0. The molecule has 0 bridgehead atoms. The molecule has 204 valence electrons. The molecule has 2 aromatic rings. The van der Waals surface area contributed by atoms with Crippen molar-refractivity contribution in [3.05, 3.63) is 65.7 Å². The van der Waals surface area contributed by atoms with E-state index >= 15 is 0 Å². The molecule has 12 nitrogen and oxygen atoms in total. The Bertz CT molecular complexity index is 1110. The van der Waals surface area contributed by atoms with Crippen molar-refractivity contribution in [2.45, 2.75) is 44.9 Å². The fourth-order valence-corrected chi connectivity index (χ4v) is 3.53. The van der Waals surface area contributed by atoms with Crippen LogP contribution in [0.4, 0.5) is 10.5 Å². The standard InChI is InChI=1S/C26H34N6O6/c1-17(25(36)32(15-22(33)34)20-12-10-19(11-13-20)23(28)29)30-24(35)21(9-5-6-14-27)31-26(37)38-16-18-7-3-2-4-8-18/h2-4,7-8,10-13,17,21H,5-6,9,14-16,27H2,1H3,(H3,28,29)(H,30,35)(H,31,37)(H,33,34)/t17-,21-/m0/s1. The molecule has 0 heterocycles. The van der Waals surface area contributed by atoms with Gasteiger partial charge < -0.3 is 31.9 Å². The molecule has 2 rings (SSSR count). The van der Waals surface area contributed by atoms with Crippen LogP contribution in [0, 0.1) is 5.41 Å². The molecule has 0 aliphatic heterocycles. The van der Waals surface area contributed by atoms with Gasteiger partial charge in [-0.1, -0.05) is 30.3 Å². The first-order valence-electron chi connectivity index (χ1n) is 12.1. The number of carboxylic acid groups (broad SMARTS) is 1. The summed E-state index contributed by atoms with van der Waals surface area (Å²) in [6.07, 6.45) is 0.639. The molecule has 0 saturated heterocycles. The molecule has 3 amide bonds. The number of amides is 3. The van der Waals surface area contributed by atoms with E-state index in [4.69, 9.17) is 21.6 Å². The number of nitrogens with one attached hydrogen (secondary N) is 3. The number of carbonyl (C=O) groups excluding carboxylic acids is 3. The maximum atomic E-state index is 13.2. The Kier molecular flexibility index (Phi) is 11.7. The predicted octanol–water partition coefficient (Wildman–Crippen LogP) is 1.32. The molecule has 0 aliphatic carbocycles. The van der Waals surface area contributed by atoms with Crippen LogP contribution >= 0.6 is 0 Å². The molecule has 8 N–H and O–H groups in total. The molecule has 38 heavy (non-hydrogen) atoms. The van der Waals surface area contributed by atoms with Crippen LogP contribution in [0.15, 0.2) is 54.6 Å². The highest BCUT2D eigenvalue weighted by Gasteiger charge is 2.29. The van der Waals surface area contributed by atoms with Crippen molar-refractivity contribution in [3.8, 4) is 0 Å². The van der Waals surface area contributed by atoms with Crippen LogP contribution in [-0.4, -0.2) is 60.0 Å². The SMILES string of the molecule is C[C@H](NC(=O)[C@H](CCCCN)NC(=O)OCc1ccccc1)C(=O)N(CC(=O)O)c1ccc(C(=N)N)cc1. The molecule has 2 aromatic carbocycles. The fraction of sp³-hybridized carbons (Fsp3) is 0.346. The number of amidine groups is 1. The smallest absolute Gasteiger partial charge is 0.408 e. The van der Waals surface area contributed by atoms with Crippen LogP contribution in [0.2, 0.25) is 0 Å². The zero-order valence-corrected chi connectivity index (χ0v) is 21.2. The molecule has 0 aliphatic rings. The first kappa shape index (κ1) is 29.8. The van der Waals surface area contributed by atoms with Crippen LogP contribution in [0.5, 0.6) is 0 Å². The summed E-state index contributed by atoms with van der Waals surface area (Å²) in [4.78, 5) is 51.0. The first-order chi connectivity index (χ1) is 18.1. The number of anilines is 1. The zero-order valence-electron chi connectivity index (χ0n) is 21.2. The second-order valence-electron chi connectivity index (χ2n) is 8.55. The fourth-order valence-electron chi connectivity index (χ4n) is 3.53. The van der Waals surface area contributed by atoms with Crippen molar-refractivity contribution in [3.63, 3.8) is 0 Å². The van der Waals surface area contributed by atoms with Crippen molar-refractivity contribution >= 4 is 35.4 Å². The Balaban J connectivity index is 2.09. The number of hydrogen-bond acceptors (Lipinski definition) is 7. The molecule has 0 aromatic heterocycles. The van der Waals surface area contributed by atoms with Crippen LogP contribution in [0.1, 0.15) is 37.3 Å². The average molecular weight is 527 g/mol. The summed E-state index contributed by atoms with van der Waals surface area (Å²) in [6, 6.07) is 12.8. The number of ether oxygens (including phenoxy) is 1. The van der Waals surface area contributed by atoms with Crippen LogP contribution in [0.3, 0.4) is 0 Å². The Morgan fingerprint density at radius 3 is 2.26 bits per heavy atom. The lowest BCUT2D eigenvalue weighted by molar-refractivity contribution is -0.137. The van der Waals surface area contributed by atoms with Crippen LogP contribution in [0.25, 0.3) is 0 Å². The highest BCUT2D eigenvalue weighted by Crippen LogP contribution is 2.17. The van der Waals surface area contributed by atoms with Gasteiger partial charge in [0, 0.05) is 11.3 Å². The quantitative estimate of drug-likeness (QED) is 0.120. The largest absolute Gasteiger partial charge is 0.480 e. The molecule has 0 spiro atoms. The van der Waals surface area contributed by atoms with Gasteiger partial charge in [0.1, 0.15) is 31.1 Å². The van der Waals surface area contributed by atoms with Crippen molar-refractivity contribution in [1.82, 2.24) is 10.6 Å². The lowest BCUT2D eigenvalue weighted by Gasteiger charge is -2.26. The molecule has 2 atom stereocenters. The first-order valence-corrected chi connectivity index (χ1v) is 12.1. The van der Waals surface area contributed by atoms with Gasteiger partial charge in [-0.15, -0.1) is 0 Å². The number of nitrogens with zero attached hydrogens (tertiary/aromatic N) is 1. The zero-order chi connectivity index (χ0) is 28.1. The van der Waals surface area contributed by atoms with E-state index in [1.165, 1.54) is 31.2 Å². The second-order valence-corrected chi connectivity index (χ2v) is 8.55. The number of carboxylic acids is 1. The van der Waals surface area contributed by atoms with Gasteiger partial charge in [0.2, 0.25) is 11.8 Å². The Morgan fingerprint density at radius 2 is 1.68 bits per heavy atom. The third-order valence-corrected chi connectivity index (χ3v) is 5.55. The molecule has 0 unspecified atom stereocenters. The summed E-state index contributed by atoms with van der Waals surface area (Å²) in [5.41, 5.74) is 12.4. The minimum atomic E-state index is -1.25. The average Bonchev–Trinajstić information content (AvgIpc) is 2.90. The van der Waals surface area contributed by atoms with Crippen molar-refractivity contribution in [1.29, 1.82) is 5.41 Å². The Morgan fingerprint density at radius 1 is 1.03 bits per heavy atom. The topological polar surface area (TPSA) is 201 Å². The molecule has 0 saturated carbocycles. The number of nitrogens with two attached hydrogens (primary N) is 2. The summed E-state index contributed by atoms with van der Waals surface area (Å²) in [5.74, 6) is -2.73. The minimum absolute atomic E-state index is 0.0191. The number of benzene rings is 2. The van der Waals surface area contributed by atoms with Crippen LogP contribution < -0.4 is 27.0 Å². The van der Waals surface area contributed by atoms with Gasteiger partial charge in [-0.05, 0) is 62.6 Å². The van der Waals surface area contributed by atoms with Gasteiger partial charge in [0.15, 0.2) is 0 Å². The number of hydrogen-bond donors (Lipinski definition) is 6. The van der Waals surface area contributed by atoms with Crippen molar-refractivity contribution < 1.29 is 29.0 Å². The predicted molar refractivity (Wildman–Crippen MR) is 142 cm³/mol. The van der Waals surface area contributed by atoms with E-state index in [1.807, 2.05) is 18.2 Å². The summed E-state index contributed by atoms with van der Waals surface area (Å²) in [6.45, 7) is 1.20. The number of alkyl carbamates (subject to hydrolysis) is 1. The highest BCUT2D eigenvalue weighted by molar-refractivity contribution is 6.03. The van der Waals surface area contributed by atoms with E-state index in [9.17, 15) is 24.3 Å². The summed E-state index contributed by atoms with van der Waals surface area (Å²) >= 11 is 0. The third kappa shape index (κ3) is 9.54. The number of carbonyl (C=O) groups is 4. The monoisotopic (exact) mass is 526 g/mol. The van der Waals surface area contributed by atoms with Gasteiger partial charge in [-0.2, -0.15) is 0 Å². The lowest BCUT2D eigenvalue weighted by Crippen LogP contribution is -2.54. The number of aliphatic carboxylic acids is 1. The van der Waals surface area contributed by atoms with Crippen molar-refractivity contribution in [2.75, 3.05) is 18.0 Å². The second kappa shape index (κ2) is 15.0. The van der Waals surface area contributed by atoms with Crippen LogP contribution in [-0.2, 0) is 25.7 Å². The molecule has 12 heteroatoms. The molecular formula is C26H34N6O6. The number of nitrogen functional groups attached to an aromatic ring is 1. The molecule has 0 radical (unpaired) electrons. The van der Waals surface area contributed by atoms with E-state index < -0.39 is 42.5 Å². The van der Waals surface area contributed by atoms with E-state index in [-0.39, 0.29) is 24.6 Å². The van der Waals surface area contributed by atoms with Gasteiger partial charge in [-0.3, -0.25) is 24.7 Å². The van der Waals surface area contributed by atoms with E-state index in [1.54, 1.807) is 12.1 Å². The van der Waals surface area contributed by atoms with Gasteiger partial charge in [0.25, 0.3) is 0 Å². The number of rotatable bonds is 14. The minimum Gasteiger partial charge on any atom is -0.480 e. The maximum Gasteiger partial charge on any atom is 0.408 e. The summed E-state index contributed by atoms with van der Waals surface area (Å²) < 4.78 is 5.21. The van der Waals surface area contributed by atoms with Gasteiger partial charge in [0.05, 0.1) is 0 Å². The molecule has 0 fully saturated rings.